The zero-order chi connectivity index (χ0) is 19.4. The number of aryl methyl sites for hydroxylation is 1. The summed E-state index contributed by atoms with van der Waals surface area (Å²) in [5.41, 5.74) is 1.29. The van der Waals surface area contributed by atoms with E-state index < -0.39 is 0 Å². The Balaban J connectivity index is 1.91. The highest BCUT2D eigenvalue weighted by atomic mass is 32.1. The van der Waals surface area contributed by atoms with Gasteiger partial charge in [0.05, 0.1) is 16.8 Å². The zero-order valence-electron chi connectivity index (χ0n) is 16.2. The second-order valence-corrected chi connectivity index (χ2v) is 7.56. The Labute approximate surface area is 163 Å². The number of amides is 1. The molecule has 1 aromatic carbocycles. The molecule has 0 bridgehead atoms. The van der Waals surface area contributed by atoms with E-state index in [1.807, 2.05) is 39.2 Å². The molecule has 2 aromatic heterocycles. The fraction of sp³-hybridized carbons (Fsp3) is 0.421. The number of hydrogen-bond donors (Lipinski definition) is 0. The van der Waals surface area contributed by atoms with Crippen LogP contribution in [-0.4, -0.2) is 59.4 Å². The Bertz CT molecular complexity index is 918. The summed E-state index contributed by atoms with van der Waals surface area (Å²) in [6, 6.07) is 7.56. The molecule has 0 saturated heterocycles. The van der Waals surface area contributed by atoms with Crippen molar-refractivity contribution >= 4 is 32.6 Å². The monoisotopic (exact) mass is 387 g/mol. The fourth-order valence-electron chi connectivity index (χ4n) is 2.76. The number of hydrogen-bond acceptors (Lipinski definition) is 6. The van der Waals surface area contributed by atoms with Crippen molar-refractivity contribution in [3.63, 3.8) is 0 Å². The maximum Gasteiger partial charge on any atom is 0.280 e. The second-order valence-electron chi connectivity index (χ2n) is 6.55. The van der Waals surface area contributed by atoms with Crippen LogP contribution in [0.2, 0.25) is 0 Å². The molecule has 0 saturated carbocycles. The molecule has 0 spiro atoms. The van der Waals surface area contributed by atoms with Crippen LogP contribution in [0.15, 0.2) is 30.5 Å². The van der Waals surface area contributed by atoms with E-state index in [1.54, 1.807) is 28.9 Å². The highest BCUT2D eigenvalue weighted by Crippen LogP contribution is 2.32. The van der Waals surface area contributed by atoms with Crippen LogP contribution in [-0.2, 0) is 7.05 Å². The molecule has 0 atom stereocenters. The number of fused-ring (bicyclic) bond motifs is 1. The number of benzene rings is 1. The Morgan fingerprint density at radius 1 is 1.26 bits per heavy atom. The van der Waals surface area contributed by atoms with Crippen LogP contribution in [0.4, 0.5) is 5.13 Å². The van der Waals surface area contributed by atoms with Crippen molar-refractivity contribution < 1.29 is 9.53 Å². The van der Waals surface area contributed by atoms with E-state index in [4.69, 9.17) is 4.74 Å². The third-order valence-electron chi connectivity index (χ3n) is 4.06. The van der Waals surface area contributed by atoms with Gasteiger partial charge in [0, 0.05) is 19.8 Å². The van der Waals surface area contributed by atoms with Crippen LogP contribution < -0.4 is 9.64 Å². The molecule has 3 rings (SSSR count). The Hall–Kier alpha value is -2.45. The summed E-state index contributed by atoms with van der Waals surface area (Å²) in [6.45, 7) is 4.06. The van der Waals surface area contributed by atoms with Crippen molar-refractivity contribution in [2.24, 2.45) is 7.05 Å². The van der Waals surface area contributed by atoms with Gasteiger partial charge in [0.2, 0.25) is 0 Å². The minimum Gasteiger partial charge on any atom is -0.494 e. The standard InChI is InChI=1S/C19H25N5O2S/c1-5-26-14-7-8-15-17(13-14)27-19(20-15)24(11-6-10-22(2)3)18(25)16-9-12-23(4)21-16/h7-9,12-13H,5-6,10-11H2,1-4H3. The Morgan fingerprint density at radius 3 is 2.74 bits per heavy atom. The van der Waals surface area contributed by atoms with E-state index in [1.165, 1.54) is 11.3 Å². The molecule has 0 fully saturated rings. The highest BCUT2D eigenvalue weighted by molar-refractivity contribution is 7.22. The minimum absolute atomic E-state index is 0.126. The molecule has 27 heavy (non-hydrogen) atoms. The molecule has 0 aliphatic rings. The lowest BCUT2D eigenvalue weighted by atomic mass is 10.3. The zero-order valence-corrected chi connectivity index (χ0v) is 17.0. The molecule has 7 nitrogen and oxygen atoms in total. The van der Waals surface area contributed by atoms with Gasteiger partial charge >= 0.3 is 0 Å². The molecule has 1 amide bonds. The summed E-state index contributed by atoms with van der Waals surface area (Å²) < 4.78 is 8.21. The Kier molecular flexibility index (Phi) is 6.08. The van der Waals surface area contributed by atoms with Crippen molar-refractivity contribution in [2.45, 2.75) is 13.3 Å². The van der Waals surface area contributed by atoms with E-state index in [-0.39, 0.29) is 5.91 Å². The lowest BCUT2D eigenvalue weighted by Gasteiger charge is -2.20. The molecule has 3 aromatic rings. The van der Waals surface area contributed by atoms with Crippen LogP contribution in [0.1, 0.15) is 23.8 Å². The summed E-state index contributed by atoms with van der Waals surface area (Å²) >= 11 is 1.50. The molecule has 144 valence electrons. The fourth-order valence-corrected chi connectivity index (χ4v) is 3.78. The number of carbonyl (C=O) groups excluding carboxylic acids is 1. The van der Waals surface area contributed by atoms with Crippen molar-refractivity contribution in [1.82, 2.24) is 19.7 Å². The minimum atomic E-state index is -0.126. The van der Waals surface area contributed by atoms with Gasteiger partial charge in [0.15, 0.2) is 10.8 Å². The normalized spacial score (nSPS) is 11.3. The quantitative estimate of drug-likeness (QED) is 0.594. The largest absolute Gasteiger partial charge is 0.494 e. The maximum absolute atomic E-state index is 13.1. The highest BCUT2D eigenvalue weighted by Gasteiger charge is 2.23. The van der Waals surface area contributed by atoms with Gasteiger partial charge in [0.25, 0.3) is 5.91 Å². The average molecular weight is 388 g/mol. The van der Waals surface area contributed by atoms with Gasteiger partial charge in [0.1, 0.15) is 5.75 Å². The van der Waals surface area contributed by atoms with E-state index in [0.717, 1.165) is 28.9 Å². The molecule has 2 heterocycles. The van der Waals surface area contributed by atoms with Crippen LogP contribution in [0.5, 0.6) is 5.75 Å². The molecule has 0 N–H and O–H groups in total. The lowest BCUT2D eigenvalue weighted by molar-refractivity contribution is 0.0980. The molecule has 0 unspecified atom stereocenters. The third kappa shape index (κ3) is 4.64. The number of carbonyl (C=O) groups is 1. The smallest absolute Gasteiger partial charge is 0.280 e. The number of thiazole rings is 1. The van der Waals surface area contributed by atoms with Crippen LogP contribution in [0.25, 0.3) is 10.2 Å². The summed E-state index contributed by atoms with van der Waals surface area (Å²) in [6.07, 6.45) is 2.63. The van der Waals surface area contributed by atoms with Crippen molar-refractivity contribution in [2.75, 3.05) is 38.7 Å². The second kappa shape index (κ2) is 8.49. The predicted octanol–water partition coefficient (Wildman–Crippen LogP) is 3.03. The van der Waals surface area contributed by atoms with Gasteiger partial charge in [-0.15, -0.1) is 0 Å². The topological polar surface area (TPSA) is 63.5 Å². The summed E-state index contributed by atoms with van der Waals surface area (Å²) in [4.78, 5) is 21.6. The van der Waals surface area contributed by atoms with Gasteiger partial charge in [-0.1, -0.05) is 11.3 Å². The van der Waals surface area contributed by atoms with Gasteiger partial charge in [-0.2, -0.15) is 5.10 Å². The molecule has 0 radical (unpaired) electrons. The summed E-state index contributed by atoms with van der Waals surface area (Å²) in [5, 5.41) is 4.95. The van der Waals surface area contributed by atoms with Crippen molar-refractivity contribution in [3.8, 4) is 5.75 Å². The molecular formula is C19H25N5O2S. The van der Waals surface area contributed by atoms with Gasteiger partial charge in [-0.3, -0.25) is 14.4 Å². The number of anilines is 1. The average Bonchev–Trinajstić information content (AvgIpc) is 3.24. The number of ether oxygens (including phenoxy) is 1. The predicted molar refractivity (Wildman–Crippen MR) is 109 cm³/mol. The number of nitrogens with zero attached hydrogens (tertiary/aromatic N) is 5. The van der Waals surface area contributed by atoms with Crippen molar-refractivity contribution in [3.05, 3.63) is 36.2 Å². The van der Waals surface area contributed by atoms with E-state index in [2.05, 4.69) is 15.0 Å². The summed E-state index contributed by atoms with van der Waals surface area (Å²) in [5.74, 6) is 0.689. The maximum atomic E-state index is 13.1. The molecular weight excluding hydrogens is 362 g/mol. The molecule has 0 aliphatic carbocycles. The van der Waals surface area contributed by atoms with Crippen molar-refractivity contribution in [1.29, 1.82) is 0 Å². The van der Waals surface area contributed by atoms with Crippen LogP contribution >= 0.6 is 11.3 Å². The number of rotatable bonds is 8. The van der Waals surface area contributed by atoms with E-state index >= 15 is 0 Å². The van der Waals surface area contributed by atoms with Crippen LogP contribution in [0, 0.1) is 0 Å². The SMILES string of the molecule is CCOc1ccc2nc(N(CCCN(C)C)C(=O)c3ccn(C)n3)sc2c1. The van der Waals surface area contributed by atoms with Gasteiger partial charge in [-0.05, 0) is 58.3 Å². The first-order valence-electron chi connectivity index (χ1n) is 8.97. The number of aromatic nitrogens is 3. The first kappa shape index (κ1) is 19.3. The van der Waals surface area contributed by atoms with Gasteiger partial charge in [-0.25, -0.2) is 4.98 Å². The molecule has 8 heteroatoms. The first-order valence-corrected chi connectivity index (χ1v) is 9.79. The lowest BCUT2D eigenvalue weighted by Crippen LogP contribution is -2.33. The molecule has 0 aliphatic heterocycles. The van der Waals surface area contributed by atoms with Gasteiger partial charge < -0.3 is 9.64 Å². The first-order chi connectivity index (χ1) is 13.0. The van der Waals surface area contributed by atoms with E-state index in [0.29, 0.717) is 24.0 Å². The van der Waals surface area contributed by atoms with Crippen LogP contribution in [0.3, 0.4) is 0 Å². The summed E-state index contributed by atoms with van der Waals surface area (Å²) in [7, 11) is 5.86. The third-order valence-corrected chi connectivity index (χ3v) is 5.10. The Morgan fingerprint density at radius 2 is 2.07 bits per heavy atom. The van der Waals surface area contributed by atoms with E-state index in [9.17, 15) is 4.79 Å².